The van der Waals surface area contributed by atoms with E-state index in [9.17, 15) is 13.2 Å². The molecule has 23 heavy (non-hydrogen) atoms. The summed E-state index contributed by atoms with van der Waals surface area (Å²) < 4.78 is 23.3. The Morgan fingerprint density at radius 1 is 1.13 bits per heavy atom. The molecule has 0 aliphatic heterocycles. The summed E-state index contributed by atoms with van der Waals surface area (Å²) >= 11 is 0. The first-order valence-corrected chi connectivity index (χ1v) is 9.42. The van der Waals surface area contributed by atoms with Crippen LogP contribution in [0.1, 0.15) is 33.9 Å². The monoisotopic (exact) mass is 329 g/mol. The second kappa shape index (κ2) is 5.81. The molecule has 0 fully saturated rings. The van der Waals surface area contributed by atoms with Crippen LogP contribution in [0, 0.1) is 0 Å². The van der Waals surface area contributed by atoms with Crippen LogP contribution in [-0.2, 0) is 16.3 Å². The number of aryl methyl sites for hydroxylation is 1. The number of rotatable bonds is 3. The number of carbonyl (C=O) groups is 1. The van der Waals surface area contributed by atoms with Crippen molar-refractivity contribution in [1.29, 1.82) is 0 Å². The first-order valence-electron chi connectivity index (χ1n) is 7.53. The molecule has 1 aliphatic carbocycles. The molecule has 4 nitrogen and oxygen atoms in total. The maximum atomic E-state index is 12.8. The highest BCUT2D eigenvalue weighted by molar-refractivity contribution is 7.90. The van der Waals surface area contributed by atoms with Gasteiger partial charge in [0.1, 0.15) is 0 Å². The zero-order valence-corrected chi connectivity index (χ0v) is 14.0. The molecule has 5 heteroatoms. The second-order valence-electron chi connectivity index (χ2n) is 5.97. The molecule has 0 aromatic heterocycles. The van der Waals surface area contributed by atoms with E-state index in [1.165, 1.54) is 23.3 Å². The van der Waals surface area contributed by atoms with Crippen LogP contribution in [0.25, 0.3) is 0 Å². The van der Waals surface area contributed by atoms with Gasteiger partial charge in [0.25, 0.3) is 5.91 Å². The van der Waals surface area contributed by atoms with E-state index in [0.29, 0.717) is 5.56 Å². The van der Waals surface area contributed by atoms with E-state index in [4.69, 9.17) is 0 Å². The minimum absolute atomic E-state index is 0.0422. The van der Waals surface area contributed by atoms with Gasteiger partial charge in [0, 0.05) is 18.9 Å². The molecule has 120 valence electrons. The number of benzene rings is 2. The van der Waals surface area contributed by atoms with Crippen LogP contribution in [0.4, 0.5) is 0 Å². The van der Waals surface area contributed by atoms with Gasteiger partial charge in [-0.15, -0.1) is 0 Å². The predicted octanol–water partition coefficient (Wildman–Crippen LogP) is 2.85. The molecule has 0 saturated carbocycles. The van der Waals surface area contributed by atoms with E-state index in [1.54, 1.807) is 24.1 Å². The van der Waals surface area contributed by atoms with Gasteiger partial charge in [-0.1, -0.05) is 30.3 Å². The minimum atomic E-state index is -3.32. The first-order chi connectivity index (χ1) is 10.9. The highest BCUT2D eigenvalue weighted by Crippen LogP contribution is 2.35. The molecule has 2 aromatic carbocycles. The zero-order valence-electron chi connectivity index (χ0n) is 13.2. The van der Waals surface area contributed by atoms with Gasteiger partial charge in [-0.3, -0.25) is 4.79 Å². The Balaban J connectivity index is 1.90. The average Bonchev–Trinajstić information content (AvgIpc) is 2.97. The summed E-state index contributed by atoms with van der Waals surface area (Å²) in [5, 5.41) is 0. The van der Waals surface area contributed by atoms with Crippen LogP contribution in [0.5, 0.6) is 0 Å². The van der Waals surface area contributed by atoms with Crippen molar-refractivity contribution in [1.82, 2.24) is 4.90 Å². The van der Waals surface area contributed by atoms with Crippen LogP contribution in [0.2, 0.25) is 0 Å². The number of carbonyl (C=O) groups excluding carboxylic acids is 1. The van der Waals surface area contributed by atoms with Gasteiger partial charge in [-0.2, -0.15) is 0 Å². The second-order valence-corrected chi connectivity index (χ2v) is 7.99. The third-order valence-electron chi connectivity index (χ3n) is 4.40. The number of nitrogens with zero attached hydrogens (tertiary/aromatic N) is 1. The Kier molecular flexibility index (Phi) is 3.98. The van der Waals surface area contributed by atoms with Crippen molar-refractivity contribution >= 4 is 15.7 Å². The Bertz CT molecular complexity index is 858. The van der Waals surface area contributed by atoms with Crippen molar-refractivity contribution in [2.24, 2.45) is 0 Å². The van der Waals surface area contributed by atoms with Gasteiger partial charge in [-0.25, -0.2) is 8.42 Å². The number of sulfone groups is 1. The van der Waals surface area contributed by atoms with E-state index >= 15 is 0 Å². The Hall–Kier alpha value is -2.14. The maximum Gasteiger partial charge on any atom is 0.254 e. The van der Waals surface area contributed by atoms with Crippen molar-refractivity contribution in [2.45, 2.75) is 23.8 Å². The summed E-state index contributed by atoms with van der Waals surface area (Å²) in [7, 11) is -1.54. The average molecular weight is 329 g/mol. The Morgan fingerprint density at radius 2 is 1.87 bits per heavy atom. The molecule has 0 unspecified atom stereocenters. The van der Waals surface area contributed by atoms with Crippen LogP contribution in [0.3, 0.4) is 0 Å². The lowest BCUT2D eigenvalue weighted by Gasteiger charge is -2.25. The molecule has 2 aromatic rings. The number of fused-ring (bicyclic) bond motifs is 1. The number of hydrogen-bond donors (Lipinski definition) is 0. The third kappa shape index (κ3) is 3.01. The fourth-order valence-corrected chi connectivity index (χ4v) is 3.81. The summed E-state index contributed by atoms with van der Waals surface area (Å²) in [6.45, 7) is 0. The molecule has 1 aliphatic rings. The predicted molar refractivity (Wildman–Crippen MR) is 89.1 cm³/mol. The van der Waals surface area contributed by atoms with Gasteiger partial charge in [0.2, 0.25) is 0 Å². The summed E-state index contributed by atoms with van der Waals surface area (Å²) in [5.41, 5.74) is 2.87. The quantitative estimate of drug-likeness (QED) is 0.870. The molecule has 0 saturated heterocycles. The lowest BCUT2D eigenvalue weighted by molar-refractivity contribution is 0.0730. The van der Waals surface area contributed by atoms with Gasteiger partial charge >= 0.3 is 0 Å². The molecule has 0 spiro atoms. The summed E-state index contributed by atoms with van der Waals surface area (Å²) in [6.07, 6.45) is 3.00. The van der Waals surface area contributed by atoms with Gasteiger partial charge in [-0.05, 0) is 42.2 Å². The Morgan fingerprint density at radius 3 is 2.61 bits per heavy atom. The van der Waals surface area contributed by atoms with Crippen LogP contribution < -0.4 is 0 Å². The van der Waals surface area contributed by atoms with E-state index in [2.05, 4.69) is 12.1 Å². The highest BCUT2D eigenvalue weighted by Gasteiger charge is 2.29. The molecule has 0 N–H and O–H groups in total. The molecule has 0 bridgehead atoms. The van der Waals surface area contributed by atoms with Crippen LogP contribution in [0.15, 0.2) is 53.4 Å². The molecular weight excluding hydrogens is 310 g/mol. The molecule has 0 radical (unpaired) electrons. The number of amides is 1. The van der Waals surface area contributed by atoms with E-state index < -0.39 is 9.84 Å². The molecule has 1 atom stereocenters. The van der Waals surface area contributed by atoms with E-state index in [0.717, 1.165) is 19.1 Å². The Labute approximate surface area is 136 Å². The van der Waals surface area contributed by atoms with Gasteiger partial charge in [0.15, 0.2) is 9.84 Å². The lowest BCUT2D eigenvalue weighted by atomic mass is 10.1. The summed E-state index contributed by atoms with van der Waals surface area (Å²) in [5.74, 6) is -0.155. The standard InChI is InChI=1S/C18H19NO3S/c1-19(17-11-10-13-6-3-4-9-16(13)17)18(20)14-7-5-8-15(12-14)23(2,21)22/h3-9,12,17H,10-11H2,1-2H3/t17-/m0/s1. The third-order valence-corrected chi connectivity index (χ3v) is 5.51. The SMILES string of the molecule is CN(C(=O)c1cccc(S(C)(=O)=O)c1)[C@H]1CCc2ccccc21. The highest BCUT2D eigenvalue weighted by atomic mass is 32.2. The van der Waals surface area contributed by atoms with Crippen molar-refractivity contribution in [3.63, 3.8) is 0 Å². The zero-order chi connectivity index (χ0) is 16.6. The molecule has 0 heterocycles. The number of hydrogen-bond acceptors (Lipinski definition) is 3. The van der Waals surface area contributed by atoms with Crippen molar-refractivity contribution in [3.8, 4) is 0 Å². The van der Waals surface area contributed by atoms with Gasteiger partial charge < -0.3 is 4.90 Å². The first kappa shape index (κ1) is 15.7. The summed E-state index contributed by atoms with van der Waals surface area (Å²) in [6, 6.07) is 14.4. The normalized spacial score (nSPS) is 16.9. The smallest absolute Gasteiger partial charge is 0.254 e. The minimum Gasteiger partial charge on any atom is -0.335 e. The van der Waals surface area contributed by atoms with Crippen molar-refractivity contribution in [2.75, 3.05) is 13.3 Å². The largest absolute Gasteiger partial charge is 0.335 e. The van der Waals surface area contributed by atoms with Crippen LogP contribution >= 0.6 is 0 Å². The summed E-state index contributed by atoms with van der Waals surface area (Å²) in [4.78, 5) is 14.6. The van der Waals surface area contributed by atoms with Crippen molar-refractivity contribution < 1.29 is 13.2 Å². The van der Waals surface area contributed by atoms with Crippen molar-refractivity contribution in [3.05, 3.63) is 65.2 Å². The fraction of sp³-hybridized carbons (Fsp3) is 0.278. The van der Waals surface area contributed by atoms with Gasteiger partial charge in [0.05, 0.1) is 10.9 Å². The molecular formula is C18H19NO3S. The fourth-order valence-electron chi connectivity index (χ4n) is 3.14. The topological polar surface area (TPSA) is 54.5 Å². The van der Waals surface area contributed by atoms with E-state index in [-0.39, 0.29) is 16.8 Å². The maximum absolute atomic E-state index is 12.8. The lowest BCUT2D eigenvalue weighted by Crippen LogP contribution is -2.30. The van der Waals surface area contributed by atoms with E-state index in [1.807, 2.05) is 12.1 Å². The molecule has 3 rings (SSSR count). The molecule has 1 amide bonds. The van der Waals surface area contributed by atoms with Crippen LogP contribution in [-0.4, -0.2) is 32.5 Å².